The molecular formula is C17H22ClN3OS. The second-order valence-corrected chi connectivity index (χ2v) is 6.98. The van der Waals surface area contributed by atoms with E-state index in [1.165, 1.54) is 5.57 Å². The minimum atomic E-state index is -0.249. The molecule has 1 atom stereocenters. The number of anilines is 1. The molecule has 0 aliphatic rings. The van der Waals surface area contributed by atoms with E-state index in [4.69, 9.17) is 22.4 Å². The molecule has 0 unspecified atom stereocenters. The predicted octanol–water partition coefficient (Wildman–Crippen LogP) is 3.75. The first-order chi connectivity index (χ1) is 11.0. The molecule has 2 aromatic heterocycles. The minimum absolute atomic E-state index is 0.0253. The van der Waals surface area contributed by atoms with E-state index in [-0.39, 0.29) is 12.6 Å². The first-order valence-electron chi connectivity index (χ1n) is 7.51. The van der Waals surface area contributed by atoms with Crippen molar-refractivity contribution >= 4 is 38.8 Å². The van der Waals surface area contributed by atoms with Gasteiger partial charge in [0.25, 0.3) is 0 Å². The summed E-state index contributed by atoms with van der Waals surface area (Å²) < 4.78 is 1.06. The number of pyridine rings is 1. The summed E-state index contributed by atoms with van der Waals surface area (Å²) in [4.78, 5) is 5.47. The van der Waals surface area contributed by atoms with Crippen molar-refractivity contribution in [3.8, 4) is 0 Å². The summed E-state index contributed by atoms with van der Waals surface area (Å²) >= 11 is 7.77. The topological polar surface area (TPSA) is 71.2 Å². The van der Waals surface area contributed by atoms with Crippen LogP contribution in [0.2, 0.25) is 5.15 Å². The van der Waals surface area contributed by atoms with Crippen LogP contribution in [0.5, 0.6) is 0 Å². The van der Waals surface area contributed by atoms with E-state index in [0.717, 1.165) is 27.3 Å². The van der Waals surface area contributed by atoms with Crippen molar-refractivity contribution in [3.05, 3.63) is 46.0 Å². The van der Waals surface area contributed by atoms with Crippen LogP contribution in [0.1, 0.15) is 18.7 Å². The molecule has 0 amide bonds. The molecule has 0 bridgehead atoms. The number of aliphatic hydroxyl groups excluding tert-OH is 1. The molecule has 0 aromatic carbocycles. The molecule has 0 fully saturated rings. The van der Waals surface area contributed by atoms with Gasteiger partial charge in [0.15, 0.2) is 0 Å². The zero-order valence-electron chi connectivity index (χ0n) is 13.3. The molecule has 0 spiro atoms. The summed E-state index contributed by atoms with van der Waals surface area (Å²) in [5.74, 6) is 0. The highest BCUT2D eigenvalue weighted by Gasteiger charge is 2.12. The molecule has 4 N–H and O–H groups in total. The number of fused-ring (bicyclic) bond motifs is 1. The van der Waals surface area contributed by atoms with E-state index in [0.29, 0.717) is 11.6 Å². The third-order valence-corrected chi connectivity index (χ3v) is 4.70. The predicted molar refractivity (Wildman–Crippen MR) is 100 cm³/mol. The number of allylic oxidation sites excluding steroid dienone is 3. The van der Waals surface area contributed by atoms with Crippen LogP contribution in [0.3, 0.4) is 0 Å². The van der Waals surface area contributed by atoms with Crippen LogP contribution in [0.25, 0.3) is 10.2 Å². The van der Waals surface area contributed by atoms with Crippen LogP contribution in [-0.4, -0.2) is 29.3 Å². The molecule has 0 saturated heterocycles. The maximum atomic E-state index is 9.10. The van der Waals surface area contributed by atoms with Gasteiger partial charge in [0, 0.05) is 23.5 Å². The van der Waals surface area contributed by atoms with Crippen molar-refractivity contribution in [2.75, 3.05) is 18.5 Å². The van der Waals surface area contributed by atoms with Crippen LogP contribution < -0.4 is 11.1 Å². The van der Waals surface area contributed by atoms with Crippen molar-refractivity contribution in [1.82, 2.24) is 4.98 Å². The standard InChI is InChI=1S/C17H22ClN3OS/c1-3-4-5-11(2)9-20-14-8-16(18)21-15-7-13(23-17(14)15)6-12(19)10-22/h3-5,7-8,12,22H,6,9-10,19H2,1-2H3,(H,20,21)/b4-3-,11-5+/t12-/m1/s1. The number of rotatable bonds is 7. The second-order valence-electron chi connectivity index (χ2n) is 5.46. The van der Waals surface area contributed by atoms with Crippen LogP contribution in [0.15, 0.2) is 35.9 Å². The van der Waals surface area contributed by atoms with Gasteiger partial charge >= 0.3 is 0 Å². The first kappa shape index (κ1) is 17.9. The summed E-state index contributed by atoms with van der Waals surface area (Å²) in [7, 11) is 0. The second kappa shape index (κ2) is 8.45. The van der Waals surface area contributed by atoms with E-state index in [1.807, 2.05) is 31.2 Å². The lowest BCUT2D eigenvalue weighted by molar-refractivity contribution is 0.266. The molecule has 23 heavy (non-hydrogen) atoms. The molecule has 4 nitrogen and oxygen atoms in total. The van der Waals surface area contributed by atoms with Crippen molar-refractivity contribution < 1.29 is 5.11 Å². The highest BCUT2D eigenvalue weighted by molar-refractivity contribution is 7.19. The number of halogens is 1. The Morgan fingerprint density at radius 2 is 2.30 bits per heavy atom. The lowest BCUT2D eigenvalue weighted by Gasteiger charge is -2.08. The van der Waals surface area contributed by atoms with Gasteiger partial charge in [-0.15, -0.1) is 11.3 Å². The maximum Gasteiger partial charge on any atom is 0.131 e. The zero-order chi connectivity index (χ0) is 16.8. The van der Waals surface area contributed by atoms with Gasteiger partial charge in [0.05, 0.1) is 22.5 Å². The number of aromatic nitrogens is 1. The third-order valence-electron chi connectivity index (χ3n) is 3.33. The average molecular weight is 352 g/mol. The fraction of sp³-hybridized carbons (Fsp3) is 0.353. The number of nitrogens with two attached hydrogens (primary N) is 1. The van der Waals surface area contributed by atoms with Crippen molar-refractivity contribution in [2.45, 2.75) is 26.3 Å². The monoisotopic (exact) mass is 351 g/mol. The first-order valence-corrected chi connectivity index (χ1v) is 8.70. The number of aliphatic hydroxyl groups is 1. The van der Waals surface area contributed by atoms with E-state index < -0.39 is 0 Å². The molecule has 0 aliphatic carbocycles. The number of nitrogens with one attached hydrogen (secondary N) is 1. The lowest BCUT2D eigenvalue weighted by Crippen LogP contribution is -2.26. The van der Waals surface area contributed by atoms with E-state index in [1.54, 1.807) is 11.3 Å². The molecule has 2 heterocycles. The van der Waals surface area contributed by atoms with E-state index in [2.05, 4.69) is 23.3 Å². The van der Waals surface area contributed by atoms with E-state index in [9.17, 15) is 0 Å². The number of nitrogens with zero attached hydrogens (tertiary/aromatic N) is 1. The van der Waals surface area contributed by atoms with Gasteiger partial charge in [-0.1, -0.05) is 35.4 Å². The highest BCUT2D eigenvalue weighted by atomic mass is 35.5. The van der Waals surface area contributed by atoms with Crippen LogP contribution in [0.4, 0.5) is 5.69 Å². The summed E-state index contributed by atoms with van der Waals surface area (Å²) in [5.41, 5.74) is 8.88. The summed E-state index contributed by atoms with van der Waals surface area (Å²) in [6.07, 6.45) is 6.73. The van der Waals surface area contributed by atoms with Gasteiger partial charge in [0.2, 0.25) is 0 Å². The van der Waals surface area contributed by atoms with E-state index >= 15 is 0 Å². The highest BCUT2D eigenvalue weighted by Crippen LogP contribution is 2.33. The molecular weight excluding hydrogens is 330 g/mol. The van der Waals surface area contributed by atoms with Gasteiger partial charge in [-0.05, 0) is 26.3 Å². The Morgan fingerprint density at radius 1 is 1.52 bits per heavy atom. The van der Waals surface area contributed by atoms with Crippen LogP contribution in [-0.2, 0) is 6.42 Å². The average Bonchev–Trinajstić information content (AvgIpc) is 2.92. The Kier molecular flexibility index (Phi) is 6.59. The Hall–Kier alpha value is -1.40. The van der Waals surface area contributed by atoms with Crippen molar-refractivity contribution in [3.63, 3.8) is 0 Å². The van der Waals surface area contributed by atoms with Crippen molar-refractivity contribution in [1.29, 1.82) is 0 Å². The Morgan fingerprint density at radius 3 is 3.00 bits per heavy atom. The van der Waals surface area contributed by atoms with Gasteiger partial charge in [0.1, 0.15) is 5.15 Å². The van der Waals surface area contributed by atoms with Crippen LogP contribution in [0, 0.1) is 0 Å². The normalized spacial score (nSPS) is 13.9. The molecule has 124 valence electrons. The molecule has 0 aliphatic heterocycles. The third kappa shape index (κ3) is 5.04. The zero-order valence-corrected chi connectivity index (χ0v) is 14.9. The summed E-state index contributed by atoms with van der Waals surface area (Å²) in [6.45, 7) is 4.78. The lowest BCUT2D eigenvalue weighted by atomic mass is 10.2. The van der Waals surface area contributed by atoms with Gasteiger partial charge in [-0.3, -0.25) is 0 Å². The fourth-order valence-electron chi connectivity index (χ4n) is 2.15. The number of hydrogen-bond acceptors (Lipinski definition) is 5. The van der Waals surface area contributed by atoms with Crippen LogP contribution >= 0.6 is 22.9 Å². The van der Waals surface area contributed by atoms with Gasteiger partial charge in [-0.2, -0.15) is 0 Å². The minimum Gasteiger partial charge on any atom is -0.395 e. The summed E-state index contributed by atoms with van der Waals surface area (Å²) in [6, 6.07) is 3.59. The molecule has 2 aromatic rings. The molecule has 6 heteroatoms. The Labute approximate surface area is 145 Å². The molecule has 0 radical (unpaired) electrons. The molecule has 2 rings (SSSR count). The largest absolute Gasteiger partial charge is 0.395 e. The van der Waals surface area contributed by atoms with Crippen molar-refractivity contribution in [2.24, 2.45) is 5.73 Å². The smallest absolute Gasteiger partial charge is 0.131 e. The number of hydrogen-bond donors (Lipinski definition) is 3. The fourth-order valence-corrected chi connectivity index (χ4v) is 3.53. The Balaban J connectivity index is 2.24. The number of thiophene rings is 1. The quantitative estimate of drug-likeness (QED) is 0.525. The van der Waals surface area contributed by atoms with Gasteiger partial charge < -0.3 is 16.2 Å². The van der Waals surface area contributed by atoms with Gasteiger partial charge in [-0.25, -0.2) is 4.98 Å². The Bertz CT molecular complexity index is 724. The summed E-state index contributed by atoms with van der Waals surface area (Å²) in [5, 5.41) is 13.0. The maximum absolute atomic E-state index is 9.10. The molecule has 0 saturated carbocycles. The SMILES string of the molecule is C/C=C\C=C(/C)CNc1cc(Cl)nc2cc(C[C@@H](N)CO)sc12.